The van der Waals surface area contributed by atoms with Gasteiger partial charge >= 0.3 is 5.97 Å². The molecule has 3 aliphatic heterocycles. The number of cyclic esters (lactones) is 1. The van der Waals surface area contributed by atoms with Crippen molar-refractivity contribution in [2.75, 3.05) is 40.2 Å². The van der Waals surface area contributed by atoms with Gasteiger partial charge in [-0.1, -0.05) is 62.8 Å². The fourth-order valence-electron chi connectivity index (χ4n) is 10.6. The summed E-state index contributed by atoms with van der Waals surface area (Å²) in [6, 6.07) is 4.53. The molecule has 2 saturated heterocycles. The quantitative estimate of drug-likeness (QED) is 0.0494. The van der Waals surface area contributed by atoms with Crippen molar-refractivity contribution in [3.05, 3.63) is 47.7 Å². The number of carbonyl (C=O) groups excluding carboxylic acids is 5. The predicted molar refractivity (Wildman–Crippen MR) is 274 cm³/mol. The van der Waals surface area contributed by atoms with Crippen LogP contribution < -0.4 is 5.32 Å². The zero-order valence-electron chi connectivity index (χ0n) is 42.4. The lowest BCUT2D eigenvalue weighted by Gasteiger charge is -2.47. The average Bonchev–Trinajstić information content (AvgIpc) is 3.34. The fourth-order valence-corrected chi connectivity index (χ4v) is 12.4. The first-order valence-electron chi connectivity index (χ1n) is 25.2. The number of ketones is 2. The molecule has 18 heteroatoms. The Kier molecular flexibility index (Phi) is 24.7. The number of allylic oxidation sites excluding steroid dienone is 3. The van der Waals surface area contributed by atoms with E-state index in [1.807, 2.05) is 44.2 Å². The zero-order chi connectivity index (χ0) is 51.1. The summed E-state index contributed by atoms with van der Waals surface area (Å²) in [6.45, 7) is 9.66. The summed E-state index contributed by atoms with van der Waals surface area (Å²) in [4.78, 5) is 76.2. The highest BCUT2D eigenvalue weighted by molar-refractivity contribution is 8.76. The van der Waals surface area contributed by atoms with Crippen molar-refractivity contribution in [3.63, 3.8) is 0 Å². The van der Waals surface area contributed by atoms with E-state index in [9.17, 15) is 39.3 Å². The molecule has 1 aliphatic carbocycles. The van der Waals surface area contributed by atoms with Gasteiger partial charge in [0.2, 0.25) is 11.7 Å². The van der Waals surface area contributed by atoms with Crippen LogP contribution >= 0.6 is 21.6 Å². The maximum absolute atomic E-state index is 14.5. The molecule has 0 spiro atoms. The van der Waals surface area contributed by atoms with Crippen LogP contribution in [0.25, 0.3) is 0 Å². The number of pyridine rings is 1. The standard InChI is InChI=1S/C52H79N3O13S2.CH4/c1-31-24-32(2)26-43(65-7)48-44(66-8)28-34(4)52(63,68-48)49(60)50(61)55-22-12-10-15-38(55)51(62)67-47(33(3)27-36-18-19-39(56)42(29-36)64-6)35(5)40(57)30-41(58)37(25-31)14-13-16-45(59)53-21-23-69-70-46-17-9-11-20-54-46;/h9,11,17,20,25,27,32,34-40,42-44,47-48,56-57,63H,10,12-16,18-19,21-24,26,28-30H2,1-8H3,(H,53,59);1H4/b31-25+,33-27+;/t32-,34+,35+,36-,37+,38-,39+,40-,42+,43-,44-,47+,48+,52+;/m0./s1. The van der Waals surface area contributed by atoms with Crippen molar-refractivity contribution in [3.8, 4) is 0 Å². The lowest BCUT2D eigenvalue weighted by atomic mass is 9.81. The molecule has 71 heavy (non-hydrogen) atoms. The number of hydrogen-bond acceptors (Lipinski definition) is 16. The minimum atomic E-state index is -2.55. The highest BCUT2D eigenvalue weighted by Crippen LogP contribution is 2.39. The van der Waals surface area contributed by atoms with Gasteiger partial charge in [-0.25, -0.2) is 9.78 Å². The normalized spacial score (nSPS) is 35.0. The number of esters is 1. The first-order valence-corrected chi connectivity index (χ1v) is 27.5. The summed E-state index contributed by atoms with van der Waals surface area (Å²) in [6.07, 6.45) is 4.92. The number of ether oxygens (including phenoxy) is 5. The third-order valence-corrected chi connectivity index (χ3v) is 16.9. The second-order valence-electron chi connectivity index (χ2n) is 20.1. The minimum Gasteiger partial charge on any atom is -0.456 e. The molecule has 1 aromatic heterocycles. The molecule has 4 aliphatic rings. The van der Waals surface area contributed by atoms with E-state index >= 15 is 0 Å². The summed E-state index contributed by atoms with van der Waals surface area (Å²) >= 11 is 0. The molecule has 0 unspecified atom stereocenters. The van der Waals surface area contributed by atoms with Crippen molar-refractivity contribution in [1.29, 1.82) is 0 Å². The SMILES string of the molecule is C.CO[C@H]1C[C@@H](C)C/C(C)=C/[C@@H](CCCC(=O)NCCSSc2ccccn2)C(=O)C[C@H](O)[C@@H](C)[C@@H](/C(C)=C/[C@@H]2CC[C@@H](O)[C@H](OC)C2)OC(=O)[C@@H]2CCCCN2C(=O)C(=O)[C@]2(O)O[C@H]1[C@@H](OC)C[C@H]2C. The molecule has 1 saturated carbocycles. The van der Waals surface area contributed by atoms with Gasteiger partial charge < -0.3 is 49.2 Å². The number of rotatable bonds is 14. The second-order valence-corrected chi connectivity index (χ2v) is 22.5. The maximum Gasteiger partial charge on any atom is 0.329 e. The summed E-state index contributed by atoms with van der Waals surface area (Å²) in [5, 5.41) is 38.6. The van der Waals surface area contributed by atoms with E-state index in [1.165, 1.54) is 19.1 Å². The van der Waals surface area contributed by atoms with Crippen molar-refractivity contribution in [1.82, 2.24) is 15.2 Å². The Labute approximate surface area is 429 Å². The number of aromatic nitrogens is 1. The molecule has 5 rings (SSSR count). The minimum absolute atomic E-state index is 0. The second kappa shape index (κ2) is 29.0. The first-order chi connectivity index (χ1) is 33.4. The monoisotopic (exact) mass is 1030 g/mol. The molecule has 14 atom stereocenters. The van der Waals surface area contributed by atoms with E-state index in [1.54, 1.807) is 55.7 Å². The van der Waals surface area contributed by atoms with E-state index in [0.717, 1.165) is 10.6 Å². The predicted octanol–water partition coefficient (Wildman–Crippen LogP) is 6.82. The summed E-state index contributed by atoms with van der Waals surface area (Å²) in [5.41, 5.74) is 1.53. The molecule has 16 nitrogen and oxygen atoms in total. The van der Waals surface area contributed by atoms with Gasteiger partial charge in [0, 0.05) is 77.0 Å². The molecule has 400 valence electrons. The number of aliphatic hydroxyl groups excluding tert-OH is 2. The van der Waals surface area contributed by atoms with E-state index in [-0.39, 0.29) is 63.2 Å². The first kappa shape index (κ1) is 60.4. The highest BCUT2D eigenvalue weighted by atomic mass is 33.1. The molecule has 1 aromatic rings. The van der Waals surface area contributed by atoms with Gasteiger partial charge in [0.05, 0.1) is 30.5 Å². The molecule has 4 heterocycles. The van der Waals surface area contributed by atoms with Gasteiger partial charge in [0.15, 0.2) is 0 Å². The number of hydrogen-bond donors (Lipinski definition) is 4. The Bertz CT molecular complexity index is 1960. The number of carbonyl (C=O) groups is 5. The molecule has 3 fully saturated rings. The average molecular weight is 1030 g/mol. The van der Waals surface area contributed by atoms with E-state index in [4.69, 9.17) is 23.7 Å². The van der Waals surface area contributed by atoms with E-state index in [0.29, 0.717) is 75.7 Å². The van der Waals surface area contributed by atoms with Crippen LogP contribution in [0, 0.1) is 29.6 Å². The van der Waals surface area contributed by atoms with Crippen LogP contribution in [0.3, 0.4) is 0 Å². The molecule has 0 radical (unpaired) electrons. The largest absolute Gasteiger partial charge is 0.456 e. The van der Waals surface area contributed by atoms with Crippen LogP contribution in [-0.4, -0.2) is 149 Å². The van der Waals surface area contributed by atoms with Gasteiger partial charge in [-0.3, -0.25) is 19.2 Å². The van der Waals surface area contributed by atoms with E-state index < -0.39 is 90.0 Å². The summed E-state index contributed by atoms with van der Waals surface area (Å²) in [7, 11) is 7.73. The number of methoxy groups -OCH3 is 3. The lowest BCUT2D eigenvalue weighted by Crippen LogP contribution is -2.64. The number of piperidine rings is 1. The van der Waals surface area contributed by atoms with Crippen molar-refractivity contribution in [2.24, 2.45) is 29.6 Å². The van der Waals surface area contributed by atoms with Crippen molar-refractivity contribution < 1.29 is 63.0 Å². The molecule has 4 N–H and O–H groups in total. The van der Waals surface area contributed by atoms with Crippen LogP contribution in [0.4, 0.5) is 0 Å². The Morgan fingerprint density at radius 1 is 0.958 bits per heavy atom. The Morgan fingerprint density at radius 2 is 1.68 bits per heavy atom. The number of nitrogens with one attached hydrogen (secondary N) is 1. The summed E-state index contributed by atoms with van der Waals surface area (Å²) < 4.78 is 30.1. The van der Waals surface area contributed by atoms with E-state index in [2.05, 4.69) is 10.3 Å². The van der Waals surface area contributed by atoms with Gasteiger partial charge in [0.25, 0.3) is 11.7 Å². The van der Waals surface area contributed by atoms with Gasteiger partial charge in [-0.2, -0.15) is 0 Å². The van der Waals surface area contributed by atoms with Crippen molar-refractivity contribution in [2.45, 2.75) is 185 Å². The zero-order valence-corrected chi connectivity index (χ0v) is 44.1. The van der Waals surface area contributed by atoms with Gasteiger partial charge in [-0.15, -0.1) is 0 Å². The maximum atomic E-state index is 14.5. The van der Waals surface area contributed by atoms with Crippen LogP contribution in [-0.2, 0) is 47.7 Å². The number of aliphatic hydroxyl groups is 3. The topological polar surface area (TPSA) is 220 Å². The van der Waals surface area contributed by atoms with Crippen LogP contribution in [0.15, 0.2) is 52.7 Å². The Balaban J connectivity index is 0.0000110. The number of fused-ring (bicyclic) bond motifs is 3. The van der Waals surface area contributed by atoms with Crippen LogP contribution in [0.2, 0.25) is 0 Å². The van der Waals surface area contributed by atoms with Crippen molar-refractivity contribution >= 4 is 50.9 Å². The third-order valence-electron chi connectivity index (χ3n) is 14.7. The number of nitrogens with zero attached hydrogens (tertiary/aromatic N) is 2. The third kappa shape index (κ3) is 16.6. The highest BCUT2D eigenvalue weighted by Gasteiger charge is 2.56. The molecule has 2 bridgehead atoms. The number of Topliss-reactive ketones (excluding diaryl/α,β-unsaturated/α-hetero) is 2. The Morgan fingerprint density at radius 3 is 2.37 bits per heavy atom. The smallest absolute Gasteiger partial charge is 0.329 e. The molecule has 2 amide bonds. The lowest BCUT2D eigenvalue weighted by molar-refractivity contribution is -0.302. The molecular formula is C53H83N3O13S2. The fraction of sp³-hybridized carbons (Fsp3) is 0.736. The van der Waals surface area contributed by atoms with Crippen LogP contribution in [0.1, 0.15) is 126 Å². The van der Waals surface area contributed by atoms with Gasteiger partial charge in [0.1, 0.15) is 29.1 Å². The van der Waals surface area contributed by atoms with Gasteiger partial charge in [-0.05, 0) is 125 Å². The number of amides is 2. The molecular weight excluding hydrogens is 951 g/mol. The summed E-state index contributed by atoms with van der Waals surface area (Å²) in [5.74, 6) is -7.64. The Hall–Kier alpha value is -3.20. The molecule has 0 aromatic carbocycles. The van der Waals surface area contributed by atoms with Crippen LogP contribution in [0.5, 0.6) is 0 Å².